The van der Waals surface area contributed by atoms with Crippen molar-refractivity contribution in [2.75, 3.05) is 6.54 Å². The second-order valence-electron chi connectivity index (χ2n) is 4.80. The highest BCUT2D eigenvalue weighted by atomic mass is 79.9. The van der Waals surface area contributed by atoms with Crippen molar-refractivity contribution < 1.29 is 14.7 Å². The summed E-state index contributed by atoms with van der Waals surface area (Å²) < 4.78 is 0.993. The van der Waals surface area contributed by atoms with E-state index in [0.717, 1.165) is 10.0 Å². The van der Waals surface area contributed by atoms with E-state index in [9.17, 15) is 9.59 Å². The number of carbonyl (C=O) groups is 2. The molecule has 110 valence electrons. The van der Waals surface area contributed by atoms with Gasteiger partial charge in [0.15, 0.2) is 0 Å². The molecule has 3 N–H and O–H groups in total. The van der Waals surface area contributed by atoms with Gasteiger partial charge in [0.2, 0.25) is 0 Å². The van der Waals surface area contributed by atoms with E-state index in [1.165, 1.54) is 0 Å². The van der Waals surface area contributed by atoms with Gasteiger partial charge in [-0.2, -0.15) is 0 Å². The molecule has 1 aromatic carbocycles. The minimum Gasteiger partial charge on any atom is -0.480 e. The number of halogens is 1. The molecule has 6 heteroatoms. The van der Waals surface area contributed by atoms with Gasteiger partial charge >= 0.3 is 12.0 Å². The van der Waals surface area contributed by atoms with Crippen molar-refractivity contribution in [2.24, 2.45) is 5.92 Å². The Morgan fingerprint density at radius 3 is 2.50 bits per heavy atom. The molecule has 0 radical (unpaired) electrons. The van der Waals surface area contributed by atoms with Gasteiger partial charge in [0.1, 0.15) is 6.04 Å². The lowest BCUT2D eigenvalue weighted by Gasteiger charge is -2.18. The first-order chi connectivity index (χ1) is 9.41. The predicted octanol–water partition coefficient (Wildman–Crippen LogP) is 2.40. The summed E-state index contributed by atoms with van der Waals surface area (Å²) in [6.07, 6.45) is 0.675. The number of benzene rings is 1. The average molecular weight is 343 g/mol. The Kier molecular flexibility index (Phi) is 6.51. The minimum absolute atomic E-state index is 0.165. The fourth-order valence-corrected chi connectivity index (χ4v) is 2.20. The number of rotatable bonds is 6. The van der Waals surface area contributed by atoms with Crippen molar-refractivity contribution in [1.29, 1.82) is 0 Å². The minimum atomic E-state index is -1.03. The Balaban J connectivity index is 2.40. The molecular formula is C14H19BrN2O3. The maximum Gasteiger partial charge on any atom is 0.326 e. The molecule has 2 amide bonds. The summed E-state index contributed by atoms with van der Waals surface area (Å²) in [6.45, 7) is 3.94. The van der Waals surface area contributed by atoms with E-state index in [2.05, 4.69) is 26.6 Å². The first-order valence-corrected chi connectivity index (χ1v) is 7.21. The summed E-state index contributed by atoms with van der Waals surface area (Å²) in [4.78, 5) is 22.6. The lowest BCUT2D eigenvalue weighted by atomic mass is 10.1. The van der Waals surface area contributed by atoms with Gasteiger partial charge in [-0.1, -0.05) is 48.0 Å². The molecule has 0 heterocycles. The highest BCUT2D eigenvalue weighted by molar-refractivity contribution is 9.10. The Morgan fingerprint density at radius 2 is 1.95 bits per heavy atom. The van der Waals surface area contributed by atoms with Crippen molar-refractivity contribution in [2.45, 2.75) is 26.3 Å². The van der Waals surface area contributed by atoms with Crippen molar-refractivity contribution >= 4 is 27.9 Å². The topological polar surface area (TPSA) is 78.4 Å². The highest BCUT2D eigenvalue weighted by Gasteiger charge is 2.22. The fraction of sp³-hybridized carbons (Fsp3) is 0.429. The third-order valence-corrected chi connectivity index (χ3v) is 3.63. The van der Waals surface area contributed by atoms with Gasteiger partial charge in [-0.15, -0.1) is 0 Å². The lowest BCUT2D eigenvalue weighted by Crippen LogP contribution is -2.48. The van der Waals surface area contributed by atoms with Crippen LogP contribution >= 0.6 is 15.9 Å². The SMILES string of the molecule is CC(C)C(NC(=O)NCCc1ccccc1Br)C(=O)O. The van der Waals surface area contributed by atoms with Gasteiger partial charge in [-0.3, -0.25) is 0 Å². The third kappa shape index (κ3) is 5.21. The summed E-state index contributed by atoms with van der Waals surface area (Å²) >= 11 is 3.44. The number of carboxylic acid groups (broad SMARTS) is 1. The molecule has 1 atom stereocenters. The van der Waals surface area contributed by atoms with E-state index in [-0.39, 0.29) is 5.92 Å². The molecule has 5 nitrogen and oxygen atoms in total. The zero-order valence-corrected chi connectivity index (χ0v) is 13.1. The molecule has 1 unspecified atom stereocenters. The summed E-state index contributed by atoms with van der Waals surface area (Å²) in [5, 5.41) is 14.1. The number of hydrogen-bond donors (Lipinski definition) is 3. The van der Waals surface area contributed by atoms with E-state index in [1.807, 2.05) is 24.3 Å². The molecule has 0 aliphatic carbocycles. The van der Waals surface area contributed by atoms with Crippen LogP contribution < -0.4 is 10.6 Å². The molecule has 0 spiro atoms. The number of hydrogen-bond acceptors (Lipinski definition) is 2. The number of aliphatic carboxylic acids is 1. The molecule has 20 heavy (non-hydrogen) atoms. The summed E-state index contributed by atoms with van der Waals surface area (Å²) in [7, 11) is 0. The first kappa shape index (κ1) is 16.5. The molecule has 0 saturated carbocycles. The number of carbonyl (C=O) groups excluding carboxylic acids is 1. The Bertz CT molecular complexity index is 477. The van der Waals surface area contributed by atoms with E-state index in [1.54, 1.807) is 13.8 Å². The van der Waals surface area contributed by atoms with Gasteiger partial charge in [0.25, 0.3) is 0 Å². The Labute approximate surface area is 126 Å². The van der Waals surface area contributed by atoms with Crippen LogP contribution in [0.4, 0.5) is 4.79 Å². The second-order valence-corrected chi connectivity index (χ2v) is 5.66. The zero-order valence-electron chi connectivity index (χ0n) is 11.5. The zero-order chi connectivity index (χ0) is 15.1. The summed E-state index contributed by atoms with van der Waals surface area (Å²) in [5.41, 5.74) is 1.09. The quantitative estimate of drug-likeness (QED) is 0.742. The lowest BCUT2D eigenvalue weighted by molar-refractivity contribution is -0.140. The van der Waals surface area contributed by atoms with E-state index in [4.69, 9.17) is 5.11 Å². The molecule has 0 fully saturated rings. The van der Waals surface area contributed by atoms with E-state index >= 15 is 0 Å². The fourth-order valence-electron chi connectivity index (χ4n) is 1.72. The van der Waals surface area contributed by atoms with Gasteiger partial charge in [-0.05, 0) is 24.0 Å². The van der Waals surface area contributed by atoms with Crippen molar-refractivity contribution in [3.63, 3.8) is 0 Å². The summed E-state index contributed by atoms with van der Waals surface area (Å²) in [6, 6.07) is 6.43. The van der Waals surface area contributed by atoms with E-state index < -0.39 is 18.0 Å². The van der Waals surface area contributed by atoms with Crippen LogP contribution in [0, 0.1) is 5.92 Å². The Hall–Kier alpha value is -1.56. The maximum atomic E-state index is 11.6. The van der Waals surface area contributed by atoms with Crippen LogP contribution in [0.1, 0.15) is 19.4 Å². The maximum absolute atomic E-state index is 11.6. The molecule has 0 aliphatic heterocycles. The monoisotopic (exact) mass is 342 g/mol. The van der Waals surface area contributed by atoms with Crippen LogP contribution in [0.5, 0.6) is 0 Å². The smallest absolute Gasteiger partial charge is 0.326 e. The van der Waals surface area contributed by atoms with Crippen LogP contribution in [-0.2, 0) is 11.2 Å². The van der Waals surface area contributed by atoms with Gasteiger partial charge in [0, 0.05) is 11.0 Å². The van der Waals surface area contributed by atoms with Crippen molar-refractivity contribution in [1.82, 2.24) is 10.6 Å². The van der Waals surface area contributed by atoms with Gasteiger partial charge in [0.05, 0.1) is 0 Å². The second kappa shape index (κ2) is 7.89. The molecule has 1 aromatic rings. The Morgan fingerprint density at radius 1 is 1.30 bits per heavy atom. The van der Waals surface area contributed by atoms with Gasteiger partial charge in [-0.25, -0.2) is 9.59 Å². The normalized spacial score (nSPS) is 12.0. The highest BCUT2D eigenvalue weighted by Crippen LogP contribution is 2.15. The van der Waals surface area contributed by atoms with Crippen LogP contribution in [0.3, 0.4) is 0 Å². The summed E-state index contributed by atoms with van der Waals surface area (Å²) in [5.74, 6) is -1.19. The number of nitrogens with one attached hydrogen (secondary N) is 2. The molecule has 0 saturated heterocycles. The molecule has 0 aliphatic rings. The third-order valence-electron chi connectivity index (χ3n) is 2.86. The van der Waals surface area contributed by atoms with Crippen LogP contribution in [0.15, 0.2) is 28.7 Å². The predicted molar refractivity (Wildman–Crippen MR) is 80.6 cm³/mol. The standard InChI is InChI=1S/C14H19BrN2O3/c1-9(2)12(13(18)19)17-14(20)16-8-7-10-5-3-4-6-11(10)15/h3-6,9,12H,7-8H2,1-2H3,(H,18,19)(H2,16,17,20). The largest absolute Gasteiger partial charge is 0.480 e. The number of urea groups is 1. The molecule has 0 aromatic heterocycles. The van der Waals surface area contributed by atoms with E-state index in [0.29, 0.717) is 13.0 Å². The molecular weight excluding hydrogens is 324 g/mol. The number of amides is 2. The molecule has 0 bridgehead atoms. The van der Waals surface area contributed by atoms with Crippen LogP contribution in [0.25, 0.3) is 0 Å². The van der Waals surface area contributed by atoms with Crippen molar-refractivity contribution in [3.8, 4) is 0 Å². The molecule has 1 rings (SSSR count). The average Bonchev–Trinajstić information content (AvgIpc) is 2.37. The number of carboxylic acids is 1. The van der Waals surface area contributed by atoms with Crippen LogP contribution in [-0.4, -0.2) is 29.7 Å². The van der Waals surface area contributed by atoms with Crippen molar-refractivity contribution in [3.05, 3.63) is 34.3 Å². The first-order valence-electron chi connectivity index (χ1n) is 6.42. The van der Waals surface area contributed by atoms with Gasteiger partial charge < -0.3 is 15.7 Å². The van der Waals surface area contributed by atoms with Crippen LogP contribution in [0.2, 0.25) is 0 Å².